The van der Waals surface area contributed by atoms with E-state index in [1.807, 2.05) is 0 Å². The minimum Gasteiger partial charge on any atom is -0.465 e. The second-order valence-corrected chi connectivity index (χ2v) is 9.06. The molecule has 0 aromatic carbocycles. The lowest BCUT2D eigenvalue weighted by molar-refractivity contribution is -0.150. The Hall–Kier alpha value is -1.70. The first kappa shape index (κ1) is 15.8. The maximum absolute atomic E-state index is 12.6. The molecule has 1 aromatic heterocycles. The molecule has 1 N–H and O–H groups in total. The number of hydrogen-bond donors (Lipinski definition) is 1. The summed E-state index contributed by atoms with van der Waals surface area (Å²) in [7, 11) is -3.39. The third kappa shape index (κ3) is 2.66. The number of ether oxygens (including phenoxy) is 1. The summed E-state index contributed by atoms with van der Waals surface area (Å²) in [5.74, 6) is 1.08. The van der Waals surface area contributed by atoms with Crippen LogP contribution in [0.2, 0.25) is 0 Å². The number of nitrogens with one attached hydrogen (secondary N) is 1. The lowest BCUT2D eigenvalue weighted by Crippen LogP contribution is -2.37. The molecule has 7 nitrogen and oxygen atoms in total. The number of sulfonamides is 1. The molecule has 0 aliphatic heterocycles. The van der Waals surface area contributed by atoms with Crippen LogP contribution in [0, 0.1) is 11.8 Å². The highest BCUT2D eigenvalue weighted by atomic mass is 32.2. The van der Waals surface area contributed by atoms with Gasteiger partial charge < -0.3 is 4.74 Å². The van der Waals surface area contributed by atoms with E-state index in [1.54, 1.807) is 13.0 Å². The molecule has 1 aromatic rings. The van der Waals surface area contributed by atoms with Gasteiger partial charge in [0.1, 0.15) is 17.6 Å². The fourth-order valence-electron chi connectivity index (χ4n) is 3.82. The smallest absolute Gasteiger partial charge is 0.318 e. The Morgan fingerprint density at radius 3 is 2.67 bits per heavy atom. The number of carbonyl (C=O) groups excluding carboxylic acids is 1. The third-order valence-electron chi connectivity index (χ3n) is 5.32. The van der Waals surface area contributed by atoms with E-state index in [2.05, 4.69) is 14.7 Å². The van der Waals surface area contributed by atoms with Crippen LogP contribution in [-0.4, -0.2) is 36.2 Å². The molecule has 2 atom stereocenters. The normalized spacial score (nSPS) is 31.4. The lowest BCUT2D eigenvalue weighted by Gasteiger charge is -2.27. The number of aromatic nitrogens is 2. The zero-order chi connectivity index (χ0) is 16.9. The van der Waals surface area contributed by atoms with Gasteiger partial charge in [-0.25, -0.2) is 18.4 Å². The van der Waals surface area contributed by atoms with E-state index in [0.29, 0.717) is 37.0 Å². The Bertz CT molecular complexity index is 765. The Labute approximate surface area is 141 Å². The molecule has 0 amide bonds. The van der Waals surface area contributed by atoms with Crippen molar-refractivity contribution in [2.75, 3.05) is 11.3 Å². The van der Waals surface area contributed by atoms with Gasteiger partial charge in [0.25, 0.3) is 0 Å². The summed E-state index contributed by atoms with van der Waals surface area (Å²) in [6, 6.07) is 1.60. The number of nitrogens with zero attached hydrogens (tertiary/aromatic N) is 2. The van der Waals surface area contributed by atoms with Crippen molar-refractivity contribution in [3.05, 3.63) is 18.1 Å². The quantitative estimate of drug-likeness (QED) is 0.782. The van der Waals surface area contributed by atoms with E-state index < -0.39 is 15.4 Å². The van der Waals surface area contributed by atoms with Crippen molar-refractivity contribution in [1.29, 1.82) is 0 Å². The third-order valence-corrected chi connectivity index (χ3v) is 7.17. The summed E-state index contributed by atoms with van der Waals surface area (Å²) >= 11 is 0. The molecule has 130 valence electrons. The standard InChI is InChI=1S/C16H21N3O4S/c1-2-23-15(20)16(7-10-5-11(10)8-16)13-6-14(18-9-17-13)19-24(21,22)12-3-4-12/h6,9-12H,2-5,7-8H2,1H3,(H,17,18,19). The summed E-state index contributed by atoms with van der Waals surface area (Å²) in [5.41, 5.74) is -0.191. The van der Waals surface area contributed by atoms with E-state index in [4.69, 9.17) is 4.74 Å². The summed E-state index contributed by atoms with van der Waals surface area (Å²) < 4.78 is 32.0. The molecule has 3 fully saturated rings. The minimum absolute atomic E-state index is 0.233. The summed E-state index contributed by atoms with van der Waals surface area (Å²) in [5, 5.41) is -0.325. The van der Waals surface area contributed by atoms with Crippen molar-refractivity contribution in [3.8, 4) is 0 Å². The molecular formula is C16H21N3O4S. The van der Waals surface area contributed by atoms with Crippen LogP contribution < -0.4 is 4.72 Å². The van der Waals surface area contributed by atoms with Gasteiger partial charge in [-0.05, 0) is 50.9 Å². The van der Waals surface area contributed by atoms with Gasteiger partial charge in [-0.3, -0.25) is 9.52 Å². The Kier molecular flexibility index (Phi) is 3.56. The maximum Gasteiger partial charge on any atom is 0.318 e. The molecule has 8 heteroatoms. The fraction of sp³-hybridized carbons (Fsp3) is 0.688. The van der Waals surface area contributed by atoms with Crippen LogP contribution >= 0.6 is 0 Å². The van der Waals surface area contributed by atoms with Gasteiger partial charge in [-0.1, -0.05) is 0 Å². The average Bonchev–Trinajstić information content (AvgIpc) is 3.46. The van der Waals surface area contributed by atoms with E-state index >= 15 is 0 Å². The molecule has 0 bridgehead atoms. The first-order chi connectivity index (χ1) is 11.4. The molecule has 3 saturated carbocycles. The van der Waals surface area contributed by atoms with Gasteiger partial charge in [0, 0.05) is 6.07 Å². The van der Waals surface area contributed by atoms with Crippen LogP contribution in [0.1, 0.15) is 44.7 Å². The van der Waals surface area contributed by atoms with Gasteiger partial charge in [-0.2, -0.15) is 0 Å². The summed E-state index contributed by atoms with van der Waals surface area (Å²) in [6.07, 6.45) is 5.30. The summed E-state index contributed by atoms with van der Waals surface area (Å²) in [6.45, 7) is 2.11. The van der Waals surface area contributed by atoms with E-state index in [1.165, 1.54) is 6.33 Å². The highest BCUT2D eigenvalue weighted by Crippen LogP contribution is 2.60. The SMILES string of the molecule is CCOC(=O)C1(c2cc(NS(=O)(=O)C3CC3)ncn2)CC2CC2C1. The number of fused-ring (bicyclic) bond motifs is 1. The predicted octanol–water partition coefficient (Wildman–Crippen LogP) is 1.61. The second-order valence-electron chi connectivity index (χ2n) is 7.10. The fourth-order valence-corrected chi connectivity index (χ4v) is 5.15. The largest absolute Gasteiger partial charge is 0.465 e. The number of hydrogen-bond acceptors (Lipinski definition) is 6. The first-order valence-corrected chi connectivity index (χ1v) is 10.0. The summed E-state index contributed by atoms with van der Waals surface area (Å²) in [4.78, 5) is 20.9. The number of esters is 1. The predicted molar refractivity (Wildman–Crippen MR) is 86.7 cm³/mol. The maximum atomic E-state index is 12.6. The second kappa shape index (κ2) is 5.40. The molecule has 3 aliphatic carbocycles. The molecule has 1 heterocycles. The molecule has 0 saturated heterocycles. The van der Waals surface area contributed by atoms with Gasteiger partial charge >= 0.3 is 5.97 Å². The first-order valence-electron chi connectivity index (χ1n) is 8.46. The van der Waals surface area contributed by atoms with Gasteiger partial charge in [0.15, 0.2) is 0 Å². The number of rotatable bonds is 6. The lowest BCUT2D eigenvalue weighted by atomic mass is 9.79. The van der Waals surface area contributed by atoms with Crippen molar-refractivity contribution < 1.29 is 17.9 Å². The monoisotopic (exact) mass is 351 g/mol. The molecular weight excluding hydrogens is 330 g/mol. The Morgan fingerprint density at radius 2 is 2.04 bits per heavy atom. The van der Waals surface area contributed by atoms with Crippen LogP contribution in [0.4, 0.5) is 5.82 Å². The van der Waals surface area contributed by atoms with Gasteiger partial charge in [-0.15, -0.1) is 0 Å². The van der Waals surface area contributed by atoms with E-state index in [-0.39, 0.29) is 17.0 Å². The zero-order valence-corrected chi connectivity index (χ0v) is 14.4. The van der Waals surface area contributed by atoms with Crippen molar-refractivity contribution in [2.24, 2.45) is 11.8 Å². The van der Waals surface area contributed by atoms with Crippen molar-refractivity contribution in [3.63, 3.8) is 0 Å². The zero-order valence-electron chi connectivity index (χ0n) is 13.6. The highest BCUT2D eigenvalue weighted by Gasteiger charge is 2.59. The van der Waals surface area contributed by atoms with Crippen LogP contribution in [0.5, 0.6) is 0 Å². The Balaban J connectivity index is 1.64. The van der Waals surface area contributed by atoms with E-state index in [9.17, 15) is 13.2 Å². The molecule has 0 spiro atoms. The minimum atomic E-state index is -3.39. The van der Waals surface area contributed by atoms with Gasteiger partial charge in [0.05, 0.1) is 17.6 Å². The molecule has 0 radical (unpaired) electrons. The van der Waals surface area contributed by atoms with Crippen LogP contribution in [0.25, 0.3) is 0 Å². The van der Waals surface area contributed by atoms with Crippen LogP contribution in [0.3, 0.4) is 0 Å². The average molecular weight is 351 g/mol. The molecule has 3 aliphatic rings. The molecule has 24 heavy (non-hydrogen) atoms. The van der Waals surface area contributed by atoms with Crippen molar-refractivity contribution in [2.45, 2.75) is 49.7 Å². The Morgan fingerprint density at radius 1 is 1.33 bits per heavy atom. The topological polar surface area (TPSA) is 98.2 Å². The van der Waals surface area contributed by atoms with Crippen molar-refractivity contribution in [1.82, 2.24) is 9.97 Å². The highest BCUT2D eigenvalue weighted by molar-refractivity contribution is 7.93. The van der Waals surface area contributed by atoms with Gasteiger partial charge in [0.2, 0.25) is 10.0 Å². The number of anilines is 1. The number of carbonyl (C=O) groups is 1. The molecule has 2 unspecified atom stereocenters. The molecule has 4 rings (SSSR count). The van der Waals surface area contributed by atoms with Crippen LogP contribution in [0.15, 0.2) is 12.4 Å². The van der Waals surface area contributed by atoms with E-state index in [0.717, 1.165) is 19.3 Å². The van der Waals surface area contributed by atoms with Crippen LogP contribution in [-0.2, 0) is 25.0 Å². The van der Waals surface area contributed by atoms with Crippen molar-refractivity contribution >= 4 is 21.8 Å².